The second-order valence-corrected chi connectivity index (χ2v) is 4.26. The van der Waals surface area contributed by atoms with E-state index < -0.39 is 6.43 Å². The van der Waals surface area contributed by atoms with Gasteiger partial charge < -0.3 is 0 Å². The lowest BCUT2D eigenvalue weighted by atomic mass is 10.2. The third-order valence-corrected chi connectivity index (χ3v) is 3.85. The first-order chi connectivity index (χ1) is 6.56. The Hall–Kier alpha value is -0.290. The maximum atomic E-state index is 12.5. The number of hydrogen-bond acceptors (Lipinski definition) is 2. The molecule has 6 heteroatoms. The first kappa shape index (κ1) is 11.8. The summed E-state index contributed by atoms with van der Waals surface area (Å²) in [5.74, 6) is 0. The van der Waals surface area contributed by atoms with Crippen LogP contribution in [-0.2, 0) is 6.42 Å². The maximum absolute atomic E-state index is 12.5. The van der Waals surface area contributed by atoms with Gasteiger partial charge in [0.1, 0.15) is 3.70 Å². The summed E-state index contributed by atoms with van der Waals surface area (Å²) >= 11 is 4.88. The zero-order chi connectivity index (χ0) is 10.7. The highest BCUT2D eigenvalue weighted by atomic mass is 127. The fourth-order valence-electron chi connectivity index (χ4n) is 0.900. The monoisotopic (exact) mass is 372 g/mol. The van der Waals surface area contributed by atoms with Crippen molar-refractivity contribution < 1.29 is 8.78 Å². The highest BCUT2D eigenvalue weighted by Crippen LogP contribution is 2.30. The van der Waals surface area contributed by atoms with Gasteiger partial charge in [-0.2, -0.15) is 5.26 Å². The summed E-state index contributed by atoms with van der Waals surface area (Å²) in [5.41, 5.74) is 0.255. The molecule has 1 heterocycles. The molecule has 0 aliphatic heterocycles. The quantitative estimate of drug-likeness (QED) is 0.589. The van der Waals surface area contributed by atoms with E-state index in [0.29, 0.717) is 13.9 Å². The normalized spacial score (nSPS) is 10.3. The minimum Gasteiger partial charge on any atom is -0.245 e. The summed E-state index contributed by atoms with van der Waals surface area (Å²) in [6.07, 6.45) is -2.51. The molecule has 0 radical (unpaired) electrons. The summed E-state index contributed by atoms with van der Waals surface area (Å²) < 4.78 is 25.7. The van der Waals surface area contributed by atoms with Gasteiger partial charge in [0.2, 0.25) is 0 Å². The van der Waals surface area contributed by atoms with Gasteiger partial charge in [-0.1, -0.05) is 0 Å². The lowest BCUT2D eigenvalue weighted by Crippen LogP contribution is -1.98. The van der Waals surface area contributed by atoms with Crippen LogP contribution in [0, 0.1) is 15.0 Å². The van der Waals surface area contributed by atoms with Crippen LogP contribution in [-0.4, -0.2) is 4.98 Å². The minimum absolute atomic E-state index is 0.0446. The van der Waals surface area contributed by atoms with Crippen LogP contribution in [0.4, 0.5) is 8.78 Å². The molecule has 1 aromatic rings. The SMILES string of the molecule is N#CCc1cc(C(F)F)c(Br)c(I)n1. The van der Waals surface area contributed by atoms with Gasteiger partial charge in [-0.25, -0.2) is 13.8 Å². The van der Waals surface area contributed by atoms with Gasteiger partial charge in [0.25, 0.3) is 6.43 Å². The lowest BCUT2D eigenvalue weighted by Gasteiger charge is -2.06. The molecule has 0 N–H and O–H groups in total. The van der Waals surface area contributed by atoms with E-state index in [1.54, 1.807) is 0 Å². The Kier molecular flexibility index (Phi) is 4.19. The Bertz CT molecular complexity index is 390. The molecule has 74 valence electrons. The average molecular weight is 373 g/mol. The van der Waals surface area contributed by atoms with Crippen molar-refractivity contribution >= 4 is 38.5 Å². The fourth-order valence-corrected chi connectivity index (χ4v) is 1.90. The molecule has 2 nitrogen and oxygen atoms in total. The Morgan fingerprint density at radius 3 is 2.79 bits per heavy atom. The fraction of sp³-hybridized carbons (Fsp3) is 0.250. The number of rotatable bonds is 2. The van der Waals surface area contributed by atoms with Crippen molar-refractivity contribution in [3.05, 3.63) is 25.5 Å². The zero-order valence-electron chi connectivity index (χ0n) is 6.77. The van der Waals surface area contributed by atoms with Crippen LogP contribution in [0.3, 0.4) is 0 Å². The van der Waals surface area contributed by atoms with Gasteiger partial charge >= 0.3 is 0 Å². The van der Waals surface area contributed by atoms with E-state index >= 15 is 0 Å². The van der Waals surface area contributed by atoms with Gasteiger partial charge in [0.05, 0.1) is 22.7 Å². The van der Waals surface area contributed by atoms with Crippen LogP contribution in [0.5, 0.6) is 0 Å². The van der Waals surface area contributed by atoms with Gasteiger partial charge in [0.15, 0.2) is 0 Å². The van der Waals surface area contributed by atoms with Crippen LogP contribution in [0.25, 0.3) is 0 Å². The smallest absolute Gasteiger partial charge is 0.245 e. The zero-order valence-corrected chi connectivity index (χ0v) is 10.5. The van der Waals surface area contributed by atoms with E-state index in [0.717, 1.165) is 0 Å². The van der Waals surface area contributed by atoms with E-state index in [-0.39, 0.29) is 12.0 Å². The summed E-state index contributed by atoms with van der Waals surface area (Å²) in [6, 6.07) is 3.12. The molecule has 0 amide bonds. The molecule has 0 aliphatic carbocycles. The molecule has 0 saturated heterocycles. The van der Waals surface area contributed by atoms with Crippen LogP contribution in [0.2, 0.25) is 0 Å². The van der Waals surface area contributed by atoms with E-state index in [1.165, 1.54) is 6.07 Å². The van der Waals surface area contributed by atoms with Crippen molar-refractivity contribution in [2.24, 2.45) is 0 Å². The molecule has 0 unspecified atom stereocenters. The average Bonchev–Trinajstić information content (AvgIpc) is 2.11. The first-order valence-electron chi connectivity index (χ1n) is 3.56. The van der Waals surface area contributed by atoms with Crippen molar-refractivity contribution in [3.8, 4) is 6.07 Å². The van der Waals surface area contributed by atoms with Gasteiger partial charge in [0, 0.05) is 5.56 Å². The third-order valence-electron chi connectivity index (χ3n) is 1.49. The Balaban J connectivity index is 3.22. The summed E-state index contributed by atoms with van der Waals surface area (Å²) in [6.45, 7) is 0. The highest BCUT2D eigenvalue weighted by molar-refractivity contribution is 14.1. The number of aromatic nitrogens is 1. The summed E-state index contributed by atoms with van der Waals surface area (Å²) in [7, 11) is 0. The second-order valence-electron chi connectivity index (χ2n) is 2.44. The minimum atomic E-state index is -2.56. The number of hydrogen-bond donors (Lipinski definition) is 0. The number of halogens is 4. The molecule has 1 aromatic heterocycles. The van der Waals surface area contributed by atoms with E-state index in [1.807, 2.05) is 28.7 Å². The van der Waals surface area contributed by atoms with Crippen LogP contribution in [0.15, 0.2) is 10.5 Å². The van der Waals surface area contributed by atoms with Crippen LogP contribution in [0.1, 0.15) is 17.7 Å². The molecule has 0 bridgehead atoms. The van der Waals surface area contributed by atoms with Crippen LogP contribution < -0.4 is 0 Å². The molecule has 0 spiro atoms. The Labute approximate surface area is 102 Å². The number of nitrogens with zero attached hydrogens (tertiary/aromatic N) is 2. The van der Waals surface area contributed by atoms with Crippen molar-refractivity contribution in [3.63, 3.8) is 0 Å². The van der Waals surface area contributed by atoms with Crippen molar-refractivity contribution in [1.82, 2.24) is 4.98 Å². The molecule has 0 saturated carbocycles. The number of alkyl halides is 2. The maximum Gasteiger partial charge on any atom is 0.265 e. The number of nitriles is 1. The molecule has 14 heavy (non-hydrogen) atoms. The first-order valence-corrected chi connectivity index (χ1v) is 5.43. The van der Waals surface area contributed by atoms with E-state index in [9.17, 15) is 8.78 Å². The van der Waals surface area contributed by atoms with E-state index in [2.05, 4.69) is 20.9 Å². The van der Waals surface area contributed by atoms with E-state index in [4.69, 9.17) is 5.26 Å². The summed E-state index contributed by atoms with van der Waals surface area (Å²) in [4.78, 5) is 3.99. The van der Waals surface area contributed by atoms with Gasteiger partial charge in [-0.15, -0.1) is 0 Å². The lowest BCUT2D eigenvalue weighted by molar-refractivity contribution is 0.150. The van der Waals surface area contributed by atoms with Crippen molar-refractivity contribution in [1.29, 1.82) is 5.26 Å². The molecular formula is C8H4BrF2IN2. The standard InChI is InChI=1S/C8H4BrF2IN2/c9-6-5(7(10)11)3-4(1-2-13)14-8(6)12/h3,7H,1H2. The van der Waals surface area contributed by atoms with Crippen molar-refractivity contribution in [2.75, 3.05) is 0 Å². The molecular weight excluding hydrogens is 369 g/mol. The largest absolute Gasteiger partial charge is 0.265 e. The third kappa shape index (κ3) is 2.60. The Morgan fingerprint density at radius 2 is 2.29 bits per heavy atom. The highest BCUT2D eigenvalue weighted by Gasteiger charge is 2.16. The Morgan fingerprint density at radius 1 is 1.64 bits per heavy atom. The second kappa shape index (κ2) is 4.98. The van der Waals surface area contributed by atoms with Crippen LogP contribution >= 0.6 is 38.5 Å². The molecule has 0 aromatic carbocycles. The predicted molar refractivity (Wildman–Crippen MR) is 58.9 cm³/mol. The summed E-state index contributed by atoms with van der Waals surface area (Å²) in [5, 5.41) is 8.42. The molecule has 0 fully saturated rings. The number of pyridine rings is 1. The predicted octanol–water partition coefficient (Wildman–Crippen LogP) is 3.45. The topological polar surface area (TPSA) is 36.7 Å². The van der Waals surface area contributed by atoms with Gasteiger partial charge in [-0.05, 0) is 44.6 Å². The molecule has 0 atom stereocenters. The molecule has 0 aliphatic rings. The molecule has 1 rings (SSSR count). The van der Waals surface area contributed by atoms with Crippen molar-refractivity contribution in [2.45, 2.75) is 12.8 Å². The van der Waals surface area contributed by atoms with Gasteiger partial charge in [-0.3, -0.25) is 0 Å².